The van der Waals surface area contributed by atoms with E-state index in [-0.39, 0.29) is 24.5 Å². The van der Waals surface area contributed by atoms with Crippen molar-refractivity contribution in [1.29, 1.82) is 5.41 Å². The highest BCUT2D eigenvalue weighted by Gasteiger charge is 2.29. The number of nitrogens with zero attached hydrogens (tertiary/aromatic N) is 2. The maximum atomic E-state index is 15.0. The number of aliphatic hydroxyl groups is 1. The summed E-state index contributed by atoms with van der Waals surface area (Å²) in [5.41, 5.74) is 3.52. The van der Waals surface area contributed by atoms with Crippen LogP contribution in [0, 0.1) is 22.5 Å². The Bertz CT molecular complexity index is 1280. The highest BCUT2D eigenvalue weighted by molar-refractivity contribution is 6.01. The molecule has 0 spiro atoms. The maximum absolute atomic E-state index is 15.0. The summed E-state index contributed by atoms with van der Waals surface area (Å²) in [6.07, 6.45) is 2.81. The Labute approximate surface area is 210 Å². The van der Waals surface area contributed by atoms with E-state index >= 15 is 0 Å². The average molecular weight is 500 g/mol. The summed E-state index contributed by atoms with van der Waals surface area (Å²) in [4.78, 5) is 4.37. The number of benzene rings is 1. The van der Waals surface area contributed by atoms with E-state index in [4.69, 9.17) is 10.1 Å². The Morgan fingerprint density at radius 3 is 2.56 bits per heavy atom. The van der Waals surface area contributed by atoms with Gasteiger partial charge >= 0.3 is 0 Å². The second kappa shape index (κ2) is 11.2. The normalized spacial score (nSPS) is 13.5. The molecule has 0 bridgehead atoms. The van der Waals surface area contributed by atoms with Gasteiger partial charge in [-0.25, -0.2) is 9.37 Å². The van der Waals surface area contributed by atoms with Crippen molar-refractivity contribution in [3.8, 4) is 16.9 Å². The fourth-order valence-electron chi connectivity index (χ4n) is 3.93. The van der Waals surface area contributed by atoms with Crippen molar-refractivity contribution in [2.45, 2.75) is 46.8 Å². The van der Waals surface area contributed by atoms with Gasteiger partial charge in [-0.05, 0) is 49.2 Å². The largest absolute Gasteiger partial charge is 0.489 e. The van der Waals surface area contributed by atoms with Gasteiger partial charge in [0.1, 0.15) is 11.8 Å². The van der Waals surface area contributed by atoms with Gasteiger partial charge in [0.2, 0.25) is 5.82 Å². The van der Waals surface area contributed by atoms with Gasteiger partial charge in [-0.2, -0.15) is 4.39 Å². The molecule has 0 radical (unpaired) electrons. The lowest BCUT2D eigenvalue weighted by molar-refractivity contribution is 0.121. The molecule has 0 amide bonds. The first-order valence-corrected chi connectivity index (χ1v) is 11.9. The van der Waals surface area contributed by atoms with E-state index in [1.54, 1.807) is 26.2 Å². The smallest absolute Gasteiger partial charge is 0.201 e. The summed E-state index contributed by atoms with van der Waals surface area (Å²) in [6.45, 7) is 7.93. The van der Waals surface area contributed by atoms with Gasteiger partial charge in [0.05, 0.1) is 24.2 Å². The molecule has 3 aromatic rings. The van der Waals surface area contributed by atoms with E-state index < -0.39 is 23.2 Å². The first kappa shape index (κ1) is 27.3. The van der Waals surface area contributed by atoms with Crippen LogP contribution < -0.4 is 15.4 Å². The number of hydrogen-bond donors (Lipinski definition) is 4. The van der Waals surface area contributed by atoms with Crippen LogP contribution in [0.1, 0.15) is 39.8 Å². The second-order valence-corrected chi connectivity index (χ2v) is 9.80. The van der Waals surface area contributed by atoms with Gasteiger partial charge in [0.25, 0.3) is 0 Å². The van der Waals surface area contributed by atoms with E-state index in [1.807, 2.05) is 44.5 Å². The number of aromatic nitrogens is 2. The lowest BCUT2D eigenvalue weighted by Crippen LogP contribution is -2.36. The molecule has 1 unspecified atom stereocenters. The van der Waals surface area contributed by atoms with E-state index in [0.29, 0.717) is 28.9 Å². The molecule has 36 heavy (non-hydrogen) atoms. The third kappa shape index (κ3) is 5.74. The van der Waals surface area contributed by atoms with Crippen molar-refractivity contribution >= 4 is 11.4 Å². The molecule has 9 heteroatoms. The Morgan fingerprint density at radius 1 is 1.19 bits per heavy atom. The summed E-state index contributed by atoms with van der Waals surface area (Å²) >= 11 is 0. The van der Waals surface area contributed by atoms with Crippen LogP contribution in [-0.4, -0.2) is 47.0 Å². The van der Waals surface area contributed by atoms with Crippen molar-refractivity contribution in [2.75, 3.05) is 20.7 Å². The van der Waals surface area contributed by atoms with Crippen molar-refractivity contribution in [3.05, 3.63) is 65.3 Å². The lowest BCUT2D eigenvalue weighted by atomic mass is 9.83. The second-order valence-electron chi connectivity index (χ2n) is 9.80. The Hall–Kier alpha value is -3.30. The topological polar surface area (TPSA) is 94.7 Å². The molecule has 0 aliphatic carbocycles. The quantitative estimate of drug-likeness (QED) is 0.304. The van der Waals surface area contributed by atoms with Crippen LogP contribution in [-0.2, 0) is 6.54 Å². The van der Waals surface area contributed by atoms with E-state index in [9.17, 15) is 13.9 Å². The third-order valence-corrected chi connectivity index (χ3v) is 6.15. The van der Waals surface area contributed by atoms with Crippen molar-refractivity contribution in [1.82, 2.24) is 20.0 Å². The minimum atomic E-state index is -1.07. The monoisotopic (exact) mass is 499 g/mol. The molecule has 4 N–H and O–H groups in total. The van der Waals surface area contributed by atoms with Gasteiger partial charge in [0.15, 0.2) is 11.6 Å². The van der Waals surface area contributed by atoms with Crippen molar-refractivity contribution < 1.29 is 18.6 Å². The summed E-state index contributed by atoms with van der Waals surface area (Å²) < 4.78 is 36.9. The molecule has 194 valence electrons. The van der Waals surface area contributed by atoms with Gasteiger partial charge < -0.3 is 30.3 Å². The molecule has 2 heterocycles. The predicted octanol–water partition coefficient (Wildman–Crippen LogP) is 4.69. The van der Waals surface area contributed by atoms with Crippen LogP contribution in [0.5, 0.6) is 5.75 Å². The zero-order chi connectivity index (χ0) is 26.6. The molecular weight excluding hydrogens is 464 g/mol. The van der Waals surface area contributed by atoms with Gasteiger partial charge in [-0.3, -0.25) is 0 Å². The molecule has 0 aliphatic heterocycles. The van der Waals surface area contributed by atoms with Crippen molar-refractivity contribution in [3.63, 3.8) is 0 Å². The molecule has 0 fully saturated rings. The third-order valence-electron chi connectivity index (χ3n) is 6.15. The Kier molecular flexibility index (Phi) is 8.47. The summed E-state index contributed by atoms with van der Waals surface area (Å²) in [5, 5.41) is 25.3. The first-order chi connectivity index (χ1) is 17.0. The first-order valence-electron chi connectivity index (χ1n) is 11.9. The molecule has 7 nitrogen and oxygen atoms in total. The molecule has 0 saturated heterocycles. The molecule has 3 rings (SSSR count). The lowest BCUT2D eigenvalue weighted by Gasteiger charge is -2.28. The Morgan fingerprint density at radius 2 is 1.92 bits per heavy atom. The minimum absolute atomic E-state index is 0.0146. The highest BCUT2D eigenvalue weighted by atomic mass is 19.2. The fraction of sp³-hybridized carbons (Fsp3) is 0.407. The number of ether oxygens (including phenoxy) is 1. The molecule has 1 aromatic carbocycles. The highest BCUT2D eigenvalue weighted by Crippen LogP contribution is 2.35. The number of allylic oxidation sites excluding steroid dienone is 1. The van der Waals surface area contributed by atoms with Gasteiger partial charge in [0, 0.05) is 43.0 Å². The SMILES string of the molecule is CNCc1cnc2ccc(-c3ccc(F)c(F)c3OCC/C(C(=N)C(O)C(C)(C)C)=C(\C)NC)cn12. The number of fused-ring (bicyclic) bond motifs is 1. The maximum Gasteiger partial charge on any atom is 0.201 e. The van der Waals surface area contributed by atoms with Crippen LogP contribution in [0.4, 0.5) is 8.78 Å². The number of nitrogens with one attached hydrogen (secondary N) is 3. The molecule has 0 saturated carbocycles. The van der Waals surface area contributed by atoms with E-state index in [1.165, 1.54) is 6.07 Å². The van der Waals surface area contributed by atoms with Crippen LogP contribution in [0.15, 0.2) is 47.9 Å². The van der Waals surface area contributed by atoms with Crippen LogP contribution in [0.25, 0.3) is 16.8 Å². The molecule has 0 aliphatic rings. The zero-order valence-corrected chi connectivity index (χ0v) is 21.7. The van der Waals surface area contributed by atoms with E-state index in [0.717, 1.165) is 17.4 Å². The minimum Gasteiger partial charge on any atom is -0.489 e. The molecule has 1 atom stereocenters. The summed E-state index contributed by atoms with van der Waals surface area (Å²) in [5.74, 6) is -2.28. The summed E-state index contributed by atoms with van der Waals surface area (Å²) in [7, 11) is 3.56. The molecular formula is C27H35F2N5O2. The average Bonchev–Trinajstić information content (AvgIpc) is 3.24. The number of imidazole rings is 1. The van der Waals surface area contributed by atoms with Crippen LogP contribution >= 0.6 is 0 Å². The fourth-order valence-corrected chi connectivity index (χ4v) is 3.93. The number of halogens is 2. The zero-order valence-electron chi connectivity index (χ0n) is 21.7. The number of rotatable bonds is 10. The predicted molar refractivity (Wildman–Crippen MR) is 138 cm³/mol. The standard InChI is InChI=1S/C27H35F2N5O2/c1-16(32-6)19(24(30)26(35)27(2,3)4)11-12-36-25-20(8-9-21(28)23(25)29)17-7-10-22-33-14-18(13-31-5)34(22)15-17/h7-10,14-15,26,30-32,35H,11-13H2,1-6H3/b19-16-,30-24?. The van der Waals surface area contributed by atoms with Crippen LogP contribution in [0.2, 0.25) is 0 Å². The number of pyridine rings is 1. The number of hydrogen-bond acceptors (Lipinski definition) is 6. The van der Waals surface area contributed by atoms with Crippen LogP contribution in [0.3, 0.4) is 0 Å². The number of aliphatic hydroxyl groups excluding tert-OH is 1. The van der Waals surface area contributed by atoms with Gasteiger partial charge in [-0.1, -0.05) is 20.8 Å². The van der Waals surface area contributed by atoms with Gasteiger partial charge in [-0.15, -0.1) is 0 Å². The van der Waals surface area contributed by atoms with E-state index in [2.05, 4.69) is 15.6 Å². The van der Waals surface area contributed by atoms with Crippen molar-refractivity contribution in [2.24, 2.45) is 5.41 Å². The molecule has 2 aromatic heterocycles. The Balaban J connectivity index is 1.92. The summed E-state index contributed by atoms with van der Waals surface area (Å²) in [6, 6.07) is 6.17.